The average Bonchev–Trinajstić information content (AvgIpc) is 2.97. The van der Waals surface area contributed by atoms with Gasteiger partial charge in [-0.15, -0.1) is 0 Å². The lowest BCUT2D eigenvalue weighted by molar-refractivity contribution is -0.133. The van der Waals surface area contributed by atoms with Crippen molar-refractivity contribution >= 4 is 12.0 Å². The molecule has 2 amide bonds. The van der Waals surface area contributed by atoms with Gasteiger partial charge in [-0.1, -0.05) is 0 Å². The van der Waals surface area contributed by atoms with E-state index < -0.39 is 0 Å². The van der Waals surface area contributed by atoms with Crippen LogP contribution in [-0.2, 0) is 9.53 Å². The molecule has 146 valence electrons. The number of likely N-dealkylation sites (tertiary alicyclic amines) is 2. The Labute approximate surface area is 156 Å². The molecular weight excluding hydrogens is 330 g/mol. The second-order valence-corrected chi connectivity index (χ2v) is 8.55. The lowest BCUT2D eigenvalue weighted by atomic mass is 9.85. The maximum atomic E-state index is 12.6. The topological polar surface area (TPSA) is 53.1 Å². The number of amides is 2. The molecule has 6 atom stereocenters. The second kappa shape index (κ2) is 7.02. The molecule has 0 aromatic rings. The van der Waals surface area contributed by atoms with Crippen molar-refractivity contribution < 1.29 is 14.3 Å². The zero-order valence-electron chi connectivity index (χ0n) is 16.4. The molecule has 26 heavy (non-hydrogen) atoms. The third-order valence-corrected chi connectivity index (χ3v) is 7.25. The zero-order chi connectivity index (χ0) is 18.4. The fraction of sp³-hybridized carbons (Fsp3) is 0.900. The molecule has 4 fully saturated rings. The third kappa shape index (κ3) is 3.00. The Morgan fingerprint density at radius 1 is 0.962 bits per heavy atom. The Balaban J connectivity index is 1.31. The highest BCUT2D eigenvalue weighted by molar-refractivity contribution is 5.82. The molecule has 4 aliphatic rings. The van der Waals surface area contributed by atoms with E-state index in [-0.39, 0.29) is 12.0 Å². The lowest BCUT2D eigenvalue weighted by Gasteiger charge is -2.36. The number of carbonyl (C=O) groups excluding carboxylic acids is 2. The highest BCUT2D eigenvalue weighted by Crippen LogP contribution is 2.54. The van der Waals surface area contributed by atoms with E-state index in [0.717, 1.165) is 45.6 Å². The van der Waals surface area contributed by atoms with E-state index in [9.17, 15) is 9.59 Å². The second-order valence-electron chi connectivity index (χ2n) is 8.55. The fourth-order valence-corrected chi connectivity index (χ4v) is 5.90. The number of fused-ring (bicyclic) bond motifs is 3. The largest absolute Gasteiger partial charge is 0.450 e. The molecule has 2 aliphatic heterocycles. The van der Waals surface area contributed by atoms with Crippen molar-refractivity contribution in [2.75, 3.05) is 39.3 Å². The summed E-state index contributed by atoms with van der Waals surface area (Å²) in [7, 11) is 0. The fourth-order valence-electron chi connectivity index (χ4n) is 5.90. The highest BCUT2D eigenvalue weighted by atomic mass is 16.6. The van der Waals surface area contributed by atoms with E-state index >= 15 is 0 Å². The summed E-state index contributed by atoms with van der Waals surface area (Å²) < 4.78 is 5.23. The minimum Gasteiger partial charge on any atom is -0.450 e. The first kappa shape index (κ1) is 18.1. The van der Waals surface area contributed by atoms with E-state index in [0.29, 0.717) is 42.4 Å². The third-order valence-electron chi connectivity index (χ3n) is 7.25. The van der Waals surface area contributed by atoms with Gasteiger partial charge >= 0.3 is 6.09 Å². The molecule has 2 saturated heterocycles. The van der Waals surface area contributed by atoms with Crippen LogP contribution in [0.25, 0.3) is 0 Å². The smallest absolute Gasteiger partial charge is 0.410 e. The molecule has 2 heterocycles. The van der Waals surface area contributed by atoms with Crippen molar-refractivity contribution in [1.82, 2.24) is 14.7 Å². The van der Waals surface area contributed by atoms with Gasteiger partial charge in [0.2, 0.25) is 5.91 Å². The van der Waals surface area contributed by atoms with Gasteiger partial charge in [0.15, 0.2) is 0 Å². The lowest BCUT2D eigenvalue weighted by Crippen LogP contribution is -2.44. The van der Waals surface area contributed by atoms with E-state index in [1.807, 2.05) is 16.7 Å². The molecule has 4 rings (SSSR count). The van der Waals surface area contributed by atoms with Crippen molar-refractivity contribution in [3.8, 4) is 0 Å². The van der Waals surface area contributed by atoms with E-state index in [2.05, 4.69) is 18.7 Å². The van der Waals surface area contributed by atoms with Crippen molar-refractivity contribution in [3.05, 3.63) is 0 Å². The quantitative estimate of drug-likeness (QED) is 0.750. The molecule has 0 aromatic carbocycles. The van der Waals surface area contributed by atoms with Crippen molar-refractivity contribution in [2.24, 2.45) is 23.7 Å². The Bertz CT molecular complexity index is 553. The van der Waals surface area contributed by atoms with Crippen molar-refractivity contribution in [2.45, 2.75) is 52.1 Å². The predicted octanol–water partition coefficient (Wildman–Crippen LogP) is 2.04. The first-order valence-electron chi connectivity index (χ1n) is 10.5. The van der Waals surface area contributed by atoms with Crippen LogP contribution in [0.4, 0.5) is 4.79 Å². The van der Waals surface area contributed by atoms with Crippen LogP contribution in [0.3, 0.4) is 0 Å². The molecule has 6 heteroatoms. The van der Waals surface area contributed by atoms with Gasteiger partial charge in [-0.05, 0) is 57.8 Å². The summed E-state index contributed by atoms with van der Waals surface area (Å²) in [5.41, 5.74) is 0. The minimum atomic E-state index is -0.130. The summed E-state index contributed by atoms with van der Waals surface area (Å²) in [6, 6.07) is 0.929. The predicted molar refractivity (Wildman–Crippen MR) is 98.6 cm³/mol. The Morgan fingerprint density at radius 3 is 2.23 bits per heavy atom. The van der Waals surface area contributed by atoms with Gasteiger partial charge in [0, 0.05) is 50.7 Å². The molecule has 2 aliphatic carbocycles. The number of hydrogen-bond donors (Lipinski definition) is 0. The van der Waals surface area contributed by atoms with Crippen LogP contribution in [0.15, 0.2) is 0 Å². The monoisotopic (exact) mass is 363 g/mol. The van der Waals surface area contributed by atoms with Crippen molar-refractivity contribution in [3.63, 3.8) is 0 Å². The van der Waals surface area contributed by atoms with Gasteiger partial charge in [0.1, 0.15) is 0 Å². The summed E-state index contributed by atoms with van der Waals surface area (Å²) in [6.45, 7) is 11.1. The van der Waals surface area contributed by atoms with Crippen LogP contribution >= 0.6 is 0 Å². The molecule has 3 unspecified atom stereocenters. The SMILES string of the molecule is CCOC(=O)N1CC2CC(N3C[C@@H]4[C@H](C3)[C@H]4C(=O)N(CC)CC)CC1C2. The summed E-state index contributed by atoms with van der Waals surface area (Å²) in [6.07, 6.45) is 3.28. The number of piperidine rings is 1. The highest BCUT2D eigenvalue weighted by Gasteiger charge is 2.61. The molecule has 2 bridgehead atoms. The minimum absolute atomic E-state index is 0.130. The van der Waals surface area contributed by atoms with Gasteiger partial charge in [0.25, 0.3) is 0 Å². The van der Waals surface area contributed by atoms with E-state index in [4.69, 9.17) is 4.74 Å². The summed E-state index contributed by atoms with van der Waals surface area (Å²) >= 11 is 0. The van der Waals surface area contributed by atoms with Crippen molar-refractivity contribution in [1.29, 1.82) is 0 Å². The van der Waals surface area contributed by atoms with Crippen LogP contribution < -0.4 is 0 Å². The number of carbonyl (C=O) groups is 2. The van der Waals surface area contributed by atoms with Gasteiger partial charge < -0.3 is 14.5 Å². The average molecular weight is 364 g/mol. The normalized spacial score (nSPS) is 38.2. The molecule has 0 aromatic heterocycles. The number of rotatable bonds is 5. The molecular formula is C20H33N3O3. The number of hydrogen-bond acceptors (Lipinski definition) is 4. The van der Waals surface area contributed by atoms with Gasteiger partial charge in [0.05, 0.1) is 6.61 Å². The van der Waals surface area contributed by atoms with Gasteiger partial charge in [-0.2, -0.15) is 0 Å². The van der Waals surface area contributed by atoms with E-state index in [1.165, 1.54) is 6.42 Å². The van der Waals surface area contributed by atoms with Gasteiger partial charge in [-0.25, -0.2) is 4.79 Å². The van der Waals surface area contributed by atoms with Crippen LogP contribution in [0, 0.1) is 23.7 Å². The maximum absolute atomic E-state index is 12.6. The Kier molecular flexibility index (Phi) is 4.88. The molecule has 2 saturated carbocycles. The van der Waals surface area contributed by atoms with E-state index in [1.54, 1.807) is 0 Å². The standard InChI is InChI=1S/C20H33N3O3/c1-4-21(5-2)19(24)18-16-11-22(12-17(16)18)14-7-13-8-15(9-14)23(10-13)20(25)26-6-3/h13-18H,4-12H2,1-3H3/t13?,14?,15?,16-,17+,18+. The summed E-state index contributed by atoms with van der Waals surface area (Å²) in [5, 5.41) is 0. The summed E-state index contributed by atoms with van der Waals surface area (Å²) in [4.78, 5) is 31.4. The van der Waals surface area contributed by atoms with Gasteiger partial charge in [-0.3, -0.25) is 9.69 Å². The number of ether oxygens (including phenoxy) is 1. The maximum Gasteiger partial charge on any atom is 0.410 e. The Morgan fingerprint density at radius 2 is 1.62 bits per heavy atom. The molecule has 6 nitrogen and oxygen atoms in total. The van der Waals surface area contributed by atoms with Crippen LogP contribution in [-0.4, -0.2) is 78.1 Å². The number of nitrogens with zero attached hydrogens (tertiary/aromatic N) is 3. The zero-order valence-corrected chi connectivity index (χ0v) is 16.4. The Hall–Kier alpha value is -1.30. The first-order chi connectivity index (χ1) is 12.6. The molecule has 0 N–H and O–H groups in total. The first-order valence-corrected chi connectivity index (χ1v) is 10.5. The molecule has 0 spiro atoms. The van der Waals surface area contributed by atoms with Crippen LogP contribution in [0.1, 0.15) is 40.0 Å². The van der Waals surface area contributed by atoms with Crippen LogP contribution in [0.2, 0.25) is 0 Å². The summed E-state index contributed by atoms with van der Waals surface area (Å²) in [5.74, 6) is 2.42. The molecule has 0 radical (unpaired) electrons. The van der Waals surface area contributed by atoms with Crippen LogP contribution in [0.5, 0.6) is 0 Å².